The molecule has 1 amide bonds. The Morgan fingerprint density at radius 2 is 1.88 bits per heavy atom. The van der Waals surface area contributed by atoms with E-state index in [1.807, 2.05) is 20.8 Å². The van der Waals surface area contributed by atoms with Crippen molar-refractivity contribution in [1.82, 2.24) is 9.62 Å². The van der Waals surface area contributed by atoms with Gasteiger partial charge in [-0.05, 0) is 25.2 Å². The van der Waals surface area contributed by atoms with Crippen molar-refractivity contribution in [2.45, 2.75) is 51.7 Å². The number of aliphatic carboxylic acids is 1. The fourth-order valence-electron chi connectivity index (χ4n) is 2.06. The normalized spacial score (nSPS) is 13.7. The van der Waals surface area contributed by atoms with Gasteiger partial charge in [0.25, 0.3) is 15.9 Å². The van der Waals surface area contributed by atoms with Crippen LogP contribution in [0, 0.1) is 12.3 Å². The van der Waals surface area contributed by atoms with Gasteiger partial charge in [-0.2, -0.15) is 0 Å². The molecule has 0 radical (unpaired) electrons. The minimum atomic E-state index is -3.82. The van der Waals surface area contributed by atoms with Gasteiger partial charge in [0, 0.05) is 20.2 Å². The smallest absolute Gasteiger partial charge is 0.326 e. The van der Waals surface area contributed by atoms with Crippen LogP contribution in [-0.2, 0) is 14.8 Å². The second-order valence-corrected chi connectivity index (χ2v) is 9.37. The van der Waals surface area contributed by atoms with E-state index >= 15 is 0 Å². The molecule has 8 nitrogen and oxygen atoms in total. The van der Waals surface area contributed by atoms with Crippen LogP contribution in [0.2, 0.25) is 0 Å². The highest BCUT2D eigenvalue weighted by Crippen LogP contribution is 2.23. The van der Waals surface area contributed by atoms with Crippen LogP contribution >= 0.6 is 0 Å². The summed E-state index contributed by atoms with van der Waals surface area (Å²) in [7, 11) is -1.12. The lowest BCUT2D eigenvalue weighted by atomic mass is 9.88. The van der Waals surface area contributed by atoms with Gasteiger partial charge in [-0.25, -0.2) is 17.5 Å². The first-order chi connectivity index (χ1) is 11.3. The van der Waals surface area contributed by atoms with Gasteiger partial charge in [0.2, 0.25) is 5.09 Å². The Bertz CT molecular complexity index is 743. The third kappa shape index (κ3) is 5.57. The standard InChI is InChI=1S/C16H26N2O6S/c1-10-11(9-13(24-10)25(22,23)18(5)6)14(19)17-12(15(20)21)7-8-16(2,3)4/h9,12H,7-8H2,1-6H3,(H,17,19)(H,20,21). The predicted octanol–water partition coefficient (Wildman–Crippen LogP) is 1.85. The summed E-state index contributed by atoms with van der Waals surface area (Å²) in [6.45, 7) is 7.39. The molecule has 2 N–H and O–H groups in total. The zero-order chi connectivity index (χ0) is 19.6. The number of amides is 1. The van der Waals surface area contributed by atoms with Crippen molar-refractivity contribution in [3.05, 3.63) is 17.4 Å². The van der Waals surface area contributed by atoms with E-state index in [9.17, 15) is 23.1 Å². The number of carbonyl (C=O) groups excluding carboxylic acids is 1. The average Bonchev–Trinajstić information content (AvgIpc) is 2.84. The maximum absolute atomic E-state index is 12.4. The monoisotopic (exact) mass is 374 g/mol. The summed E-state index contributed by atoms with van der Waals surface area (Å²) in [6.07, 6.45) is 0.874. The Morgan fingerprint density at radius 3 is 2.32 bits per heavy atom. The van der Waals surface area contributed by atoms with Crippen LogP contribution in [0.25, 0.3) is 0 Å². The first-order valence-electron chi connectivity index (χ1n) is 7.82. The Kier molecular flexibility index (Phi) is 6.41. The van der Waals surface area contributed by atoms with E-state index in [0.29, 0.717) is 6.42 Å². The maximum atomic E-state index is 12.4. The summed E-state index contributed by atoms with van der Waals surface area (Å²) in [5, 5.41) is 11.4. The van der Waals surface area contributed by atoms with Gasteiger partial charge < -0.3 is 14.8 Å². The van der Waals surface area contributed by atoms with Crippen molar-refractivity contribution >= 4 is 21.9 Å². The van der Waals surface area contributed by atoms with Gasteiger partial charge in [0.05, 0.1) is 5.56 Å². The maximum Gasteiger partial charge on any atom is 0.326 e. The summed E-state index contributed by atoms with van der Waals surface area (Å²) in [5.41, 5.74) is -0.0702. The molecule has 0 fully saturated rings. The van der Waals surface area contributed by atoms with Gasteiger partial charge in [-0.1, -0.05) is 20.8 Å². The van der Waals surface area contributed by atoms with Crippen molar-refractivity contribution in [3.8, 4) is 0 Å². The Morgan fingerprint density at radius 1 is 1.32 bits per heavy atom. The molecule has 1 aromatic rings. The first-order valence-corrected chi connectivity index (χ1v) is 9.26. The molecule has 142 valence electrons. The van der Waals surface area contributed by atoms with E-state index in [1.54, 1.807) is 0 Å². The van der Waals surface area contributed by atoms with E-state index in [4.69, 9.17) is 4.42 Å². The van der Waals surface area contributed by atoms with E-state index in [2.05, 4.69) is 5.32 Å². The van der Waals surface area contributed by atoms with Crippen molar-refractivity contribution in [2.24, 2.45) is 5.41 Å². The lowest BCUT2D eigenvalue weighted by molar-refractivity contribution is -0.139. The van der Waals surface area contributed by atoms with Crippen LogP contribution < -0.4 is 5.32 Å². The number of carbonyl (C=O) groups is 2. The second kappa shape index (κ2) is 7.57. The van der Waals surface area contributed by atoms with Crippen LogP contribution in [-0.4, -0.2) is 49.8 Å². The Hall–Kier alpha value is -1.87. The predicted molar refractivity (Wildman–Crippen MR) is 91.9 cm³/mol. The molecule has 1 unspecified atom stereocenters. The number of sulfonamides is 1. The van der Waals surface area contributed by atoms with E-state index in [-0.39, 0.29) is 28.3 Å². The minimum Gasteiger partial charge on any atom is -0.480 e. The Labute approximate surface area is 148 Å². The fourth-order valence-corrected chi connectivity index (χ4v) is 2.92. The molecule has 0 aliphatic carbocycles. The van der Waals surface area contributed by atoms with Crippen molar-refractivity contribution < 1.29 is 27.5 Å². The number of hydrogen-bond donors (Lipinski definition) is 2. The zero-order valence-electron chi connectivity index (χ0n) is 15.4. The first kappa shape index (κ1) is 21.2. The molecule has 0 aliphatic rings. The van der Waals surface area contributed by atoms with Gasteiger partial charge in [-0.3, -0.25) is 4.79 Å². The summed E-state index contributed by atoms with van der Waals surface area (Å²) >= 11 is 0. The van der Waals surface area contributed by atoms with Crippen molar-refractivity contribution in [1.29, 1.82) is 0 Å². The van der Waals surface area contributed by atoms with Crippen LogP contribution in [0.4, 0.5) is 0 Å². The number of rotatable bonds is 7. The Balaban J connectivity index is 2.99. The number of hydrogen-bond acceptors (Lipinski definition) is 5. The topological polar surface area (TPSA) is 117 Å². The highest BCUT2D eigenvalue weighted by molar-refractivity contribution is 7.88. The fraction of sp³-hybridized carbons (Fsp3) is 0.625. The molecule has 25 heavy (non-hydrogen) atoms. The number of carboxylic acids is 1. The third-order valence-electron chi connectivity index (χ3n) is 3.66. The van der Waals surface area contributed by atoms with Gasteiger partial charge in [0.1, 0.15) is 11.8 Å². The lowest BCUT2D eigenvalue weighted by Crippen LogP contribution is -2.41. The van der Waals surface area contributed by atoms with Crippen LogP contribution in [0.5, 0.6) is 0 Å². The number of carboxylic acid groups (broad SMARTS) is 1. The van der Waals surface area contributed by atoms with E-state index in [0.717, 1.165) is 10.4 Å². The molecule has 1 atom stereocenters. The molecule has 0 spiro atoms. The molecule has 1 heterocycles. The highest BCUT2D eigenvalue weighted by atomic mass is 32.2. The van der Waals surface area contributed by atoms with Crippen LogP contribution in [0.1, 0.15) is 49.7 Å². The van der Waals surface area contributed by atoms with Crippen LogP contribution in [0.15, 0.2) is 15.6 Å². The average molecular weight is 374 g/mol. The lowest BCUT2D eigenvalue weighted by Gasteiger charge is -2.21. The molecular weight excluding hydrogens is 348 g/mol. The molecule has 1 aromatic heterocycles. The van der Waals surface area contributed by atoms with Crippen molar-refractivity contribution in [2.75, 3.05) is 14.1 Å². The summed E-state index contributed by atoms with van der Waals surface area (Å²) in [4.78, 5) is 23.8. The van der Waals surface area contributed by atoms with Gasteiger partial charge >= 0.3 is 5.97 Å². The highest BCUT2D eigenvalue weighted by Gasteiger charge is 2.28. The van der Waals surface area contributed by atoms with Gasteiger partial charge in [0.15, 0.2) is 0 Å². The molecular formula is C16H26N2O6S. The molecule has 0 saturated carbocycles. The quantitative estimate of drug-likeness (QED) is 0.752. The zero-order valence-corrected chi connectivity index (χ0v) is 16.2. The molecule has 1 rings (SSSR count). The molecule has 0 bridgehead atoms. The summed E-state index contributed by atoms with van der Waals surface area (Å²) in [6, 6.07) is 0.0535. The summed E-state index contributed by atoms with van der Waals surface area (Å²) < 4.78 is 30.3. The number of furan rings is 1. The third-order valence-corrected chi connectivity index (χ3v) is 5.33. The van der Waals surface area contributed by atoms with Gasteiger partial charge in [-0.15, -0.1) is 0 Å². The van der Waals surface area contributed by atoms with Crippen molar-refractivity contribution in [3.63, 3.8) is 0 Å². The SMILES string of the molecule is Cc1oc(S(=O)(=O)N(C)C)cc1C(=O)NC(CCC(C)(C)C)C(=O)O. The number of nitrogens with zero attached hydrogens (tertiary/aromatic N) is 1. The molecule has 9 heteroatoms. The van der Waals surface area contributed by atoms with Crippen LogP contribution in [0.3, 0.4) is 0 Å². The minimum absolute atomic E-state index is 0.00225. The second-order valence-electron chi connectivity index (χ2n) is 7.29. The molecule has 0 aromatic carbocycles. The van der Waals surface area contributed by atoms with E-state index < -0.39 is 27.9 Å². The largest absolute Gasteiger partial charge is 0.480 e. The molecule has 0 saturated heterocycles. The summed E-state index contributed by atoms with van der Waals surface area (Å²) in [5.74, 6) is -1.71. The molecule has 0 aliphatic heterocycles. The number of nitrogens with one attached hydrogen (secondary N) is 1. The number of aryl methyl sites for hydroxylation is 1. The van der Waals surface area contributed by atoms with E-state index in [1.165, 1.54) is 21.0 Å².